The van der Waals surface area contributed by atoms with Gasteiger partial charge in [0.25, 0.3) is 0 Å². The van der Waals surface area contributed by atoms with E-state index >= 15 is 0 Å². The first-order valence-electron chi connectivity index (χ1n) is 6.63. The number of nitrogens with one attached hydrogen (secondary N) is 1. The summed E-state index contributed by atoms with van der Waals surface area (Å²) in [6, 6.07) is 3.96. The molecule has 114 valence electrons. The molecule has 1 atom stereocenters. The van der Waals surface area contributed by atoms with Crippen LogP contribution in [0.2, 0.25) is 5.02 Å². The van der Waals surface area contributed by atoms with Crippen molar-refractivity contribution in [3.63, 3.8) is 0 Å². The highest BCUT2D eigenvalue weighted by Crippen LogP contribution is 2.34. The van der Waals surface area contributed by atoms with Gasteiger partial charge in [0.05, 0.1) is 35.6 Å². The van der Waals surface area contributed by atoms with Gasteiger partial charge in [-0.1, -0.05) is 24.6 Å². The Morgan fingerprint density at radius 2 is 2.29 bits per heavy atom. The van der Waals surface area contributed by atoms with Crippen molar-refractivity contribution >= 4 is 11.6 Å². The normalized spacial score (nSPS) is 12.4. The summed E-state index contributed by atoms with van der Waals surface area (Å²) in [5, 5.41) is 4.64. The molecule has 2 aromatic rings. The summed E-state index contributed by atoms with van der Waals surface area (Å²) in [6.45, 7) is 2.69. The van der Waals surface area contributed by atoms with Crippen LogP contribution in [0.1, 0.15) is 30.6 Å². The molecule has 0 saturated carbocycles. The van der Waals surface area contributed by atoms with Gasteiger partial charge < -0.3 is 4.74 Å². The molecule has 0 aliphatic carbocycles. The second-order valence-electron chi connectivity index (χ2n) is 4.56. The Bertz CT molecular complexity index is 617. The van der Waals surface area contributed by atoms with Crippen LogP contribution in [0.4, 0.5) is 4.39 Å². The van der Waals surface area contributed by atoms with Gasteiger partial charge in [0, 0.05) is 6.54 Å². The van der Waals surface area contributed by atoms with E-state index < -0.39 is 11.9 Å². The van der Waals surface area contributed by atoms with Gasteiger partial charge in [-0.2, -0.15) is 5.10 Å². The van der Waals surface area contributed by atoms with Gasteiger partial charge >= 0.3 is 0 Å². The molecular weight excluding hydrogens is 295 g/mol. The first kappa shape index (κ1) is 15.8. The first-order chi connectivity index (χ1) is 10.1. The van der Waals surface area contributed by atoms with E-state index in [-0.39, 0.29) is 0 Å². The van der Waals surface area contributed by atoms with Crippen molar-refractivity contribution in [1.82, 2.24) is 15.2 Å². The van der Waals surface area contributed by atoms with Crippen LogP contribution in [0.15, 0.2) is 24.4 Å². The van der Waals surface area contributed by atoms with Gasteiger partial charge in [0.2, 0.25) is 0 Å². The number of methoxy groups -OCH3 is 1. The molecule has 0 radical (unpaired) electrons. The van der Waals surface area contributed by atoms with Crippen LogP contribution in [0.25, 0.3) is 0 Å². The molecule has 5 nitrogen and oxygen atoms in total. The number of halogens is 2. The number of ether oxygens (including phenoxy) is 1. The quantitative estimate of drug-likeness (QED) is 0.636. The van der Waals surface area contributed by atoms with E-state index in [0.717, 1.165) is 6.42 Å². The molecule has 1 unspecified atom stereocenters. The fraction of sp³-hybridized carbons (Fsp3) is 0.357. The maximum Gasteiger partial charge on any atom is 0.132 e. The van der Waals surface area contributed by atoms with Crippen molar-refractivity contribution < 1.29 is 9.13 Å². The molecule has 0 aliphatic heterocycles. The van der Waals surface area contributed by atoms with Crippen molar-refractivity contribution in [2.75, 3.05) is 7.11 Å². The van der Waals surface area contributed by atoms with E-state index in [1.54, 1.807) is 16.8 Å². The smallest absolute Gasteiger partial charge is 0.132 e. The van der Waals surface area contributed by atoms with E-state index in [2.05, 4.69) is 10.5 Å². The number of nitrogens with zero attached hydrogens (tertiary/aromatic N) is 2. The number of aromatic nitrogens is 2. The van der Waals surface area contributed by atoms with Crippen LogP contribution in [0, 0.1) is 5.82 Å². The minimum Gasteiger partial charge on any atom is -0.496 e. The third-order valence-electron chi connectivity index (χ3n) is 3.23. The van der Waals surface area contributed by atoms with Gasteiger partial charge in [0.1, 0.15) is 11.6 Å². The molecule has 1 heterocycles. The lowest BCUT2D eigenvalue weighted by molar-refractivity contribution is 0.394. The summed E-state index contributed by atoms with van der Waals surface area (Å²) in [5.41, 5.74) is 3.53. The third-order valence-corrected chi connectivity index (χ3v) is 3.52. The molecule has 0 amide bonds. The number of rotatable bonds is 6. The topological polar surface area (TPSA) is 65.1 Å². The van der Waals surface area contributed by atoms with Gasteiger partial charge in [-0.25, -0.2) is 9.82 Å². The van der Waals surface area contributed by atoms with Crippen molar-refractivity contribution in [3.8, 4) is 5.75 Å². The number of nitrogens with two attached hydrogens (primary N) is 1. The Balaban J connectivity index is 2.58. The highest BCUT2D eigenvalue weighted by molar-refractivity contribution is 6.31. The fourth-order valence-corrected chi connectivity index (χ4v) is 2.57. The number of benzene rings is 1. The maximum atomic E-state index is 14.3. The predicted molar refractivity (Wildman–Crippen MR) is 79.6 cm³/mol. The first-order valence-corrected chi connectivity index (χ1v) is 7.01. The van der Waals surface area contributed by atoms with E-state index in [0.29, 0.717) is 28.6 Å². The lowest BCUT2D eigenvalue weighted by atomic mass is 10.0. The second kappa shape index (κ2) is 6.89. The summed E-state index contributed by atoms with van der Waals surface area (Å²) < 4.78 is 21.2. The van der Waals surface area contributed by atoms with Crippen LogP contribution >= 0.6 is 11.6 Å². The minimum absolute atomic E-state index is 0.308. The molecule has 1 aromatic carbocycles. The van der Waals surface area contributed by atoms with Crippen LogP contribution in [-0.4, -0.2) is 16.9 Å². The molecule has 7 heteroatoms. The summed E-state index contributed by atoms with van der Waals surface area (Å²) in [4.78, 5) is 0. The molecular formula is C14H18ClFN4O. The van der Waals surface area contributed by atoms with E-state index in [4.69, 9.17) is 22.2 Å². The minimum atomic E-state index is -0.650. The molecule has 1 aromatic heterocycles. The van der Waals surface area contributed by atoms with Gasteiger partial charge in [0.15, 0.2) is 0 Å². The zero-order valence-corrected chi connectivity index (χ0v) is 12.7. The monoisotopic (exact) mass is 312 g/mol. The molecule has 21 heavy (non-hydrogen) atoms. The number of hydrogen-bond acceptors (Lipinski definition) is 4. The van der Waals surface area contributed by atoms with Crippen LogP contribution in [-0.2, 0) is 6.54 Å². The number of aryl methyl sites for hydroxylation is 1. The molecule has 0 saturated heterocycles. The Morgan fingerprint density at radius 1 is 1.52 bits per heavy atom. The Morgan fingerprint density at radius 3 is 2.90 bits per heavy atom. The summed E-state index contributed by atoms with van der Waals surface area (Å²) in [7, 11) is 1.48. The largest absolute Gasteiger partial charge is 0.496 e. The molecule has 0 bridgehead atoms. The maximum absolute atomic E-state index is 14.3. The SMILES string of the molecule is CCCn1ncc(Cl)c1C(NN)c1c(F)cccc1OC. The zero-order valence-electron chi connectivity index (χ0n) is 11.9. The van der Waals surface area contributed by atoms with Gasteiger partial charge in [-0.3, -0.25) is 10.5 Å². The van der Waals surface area contributed by atoms with Crippen molar-refractivity contribution in [1.29, 1.82) is 0 Å². The summed E-state index contributed by atoms with van der Waals surface area (Å²) in [5.74, 6) is 5.63. The molecule has 0 spiro atoms. The molecule has 0 fully saturated rings. The van der Waals surface area contributed by atoms with Crippen LogP contribution in [0.5, 0.6) is 5.75 Å². The standard InChI is InChI=1S/C14H18ClFN4O/c1-3-7-20-14(9(15)8-18-20)13(19-17)12-10(16)5-4-6-11(12)21-2/h4-6,8,13,19H,3,7,17H2,1-2H3. The molecule has 2 rings (SSSR count). The van der Waals surface area contributed by atoms with E-state index in [1.807, 2.05) is 6.92 Å². The molecule has 0 aliphatic rings. The number of hydrazine groups is 1. The lowest BCUT2D eigenvalue weighted by Crippen LogP contribution is -2.32. The van der Waals surface area contributed by atoms with E-state index in [9.17, 15) is 4.39 Å². The summed E-state index contributed by atoms with van der Waals surface area (Å²) in [6.07, 6.45) is 2.40. The fourth-order valence-electron chi connectivity index (χ4n) is 2.32. The van der Waals surface area contributed by atoms with E-state index in [1.165, 1.54) is 19.4 Å². The summed E-state index contributed by atoms with van der Waals surface area (Å²) >= 11 is 6.21. The highest BCUT2D eigenvalue weighted by atomic mass is 35.5. The Kier molecular flexibility index (Phi) is 5.17. The average Bonchev–Trinajstić information content (AvgIpc) is 2.83. The highest BCUT2D eigenvalue weighted by Gasteiger charge is 2.26. The Labute approximate surface area is 127 Å². The number of hydrogen-bond donors (Lipinski definition) is 2. The molecule has 3 N–H and O–H groups in total. The van der Waals surface area contributed by atoms with Crippen molar-refractivity contribution in [2.24, 2.45) is 5.84 Å². The van der Waals surface area contributed by atoms with Crippen molar-refractivity contribution in [2.45, 2.75) is 25.9 Å². The zero-order chi connectivity index (χ0) is 15.4. The predicted octanol–water partition coefficient (Wildman–Crippen LogP) is 2.65. The third kappa shape index (κ3) is 3.02. The van der Waals surface area contributed by atoms with Gasteiger partial charge in [-0.05, 0) is 18.6 Å². The lowest BCUT2D eigenvalue weighted by Gasteiger charge is -2.21. The van der Waals surface area contributed by atoms with Crippen molar-refractivity contribution in [3.05, 3.63) is 46.5 Å². The van der Waals surface area contributed by atoms with Gasteiger partial charge in [-0.15, -0.1) is 0 Å². The van der Waals surface area contributed by atoms with Crippen LogP contribution < -0.4 is 16.0 Å². The van der Waals surface area contributed by atoms with Crippen LogP contribution in [0.3, 0.4) is 0 Å². The average molecular weight is 313 g/mol. The second-order valence-corrected chi connectivity index (χ2v) is 4.96. The Hall–Kier alpha value is -1.63.